The van der Waals surface area contributed by atoms with Gasteiger partial charge in [-0.1, -0.05) is 30.3 Å². The third-order valence-corrected chi connectivity index (χ3v) is 4.54. The van der Waals surface area contributed by atoms with E-state index in [1.54, 1.807) is 12.1 Å². The Hall–Kier alpha value is -2.96. The highest BCUT2D eigenvalue weighted by atomic mass is 19.3. The van der Waals surface area contributed by atoms with Crippen LogP contribution in [0.3, 0.4) is 0 Å². The molecule has 0 spiro atoms. The van der Waals surface area contributed by atoms with E-state index >= 15 is 0 Å². The number of hydrogen-bond acceptors (Lipinski definition) is 3. The number of anilines is 1. The number of hydrogen-bond donors (Lipinski definition) is 3. The van der Waals surface area contributed by atoms with E-state index in [1.807, 2.05) is 31.2 Å². The van der Waals surface area contributed by atoms with E-state index in [1.165, 1.54) is 19.1 Å². The molecule has 148 valence electrons. The SMILES string of the molecule is CC(=O)NC(C)CC(Nc1nc2ccccc2[nH]1)c1cccc(C(C)(F)F)c1. The second-order valence-electron chi connectivity index (χ2n) is 7.15. The highest BCUT2D eigenvalue weighted by Gasteiger charge is 2.26. The van der Waals surface area contributed by atoms with Crippen LogP contribution in [0.2, 0.25) is 0 Å². The van der Waals surface area contributed by atoms with E-state index in [2.05, 4.69) is 20.6 Å². The zero-order valence-electron chi connectivity index (χ0n) is 16.1. The summed E-state index contributed by atoms with van der Waals surface area (Å²) in [6.45, 7) is 4.22. The Labute approximate surface area is 162 Å². The van der Waals surface area contributed by atoms with Gasteiger partial charge in [0.25, 0.3) is 5.92 Å². The molecule has 7 heteroatoms. The van der Waals surface area contributed by atoms with Crippen LogP contribution in [-0.2, 0) is 10.7 Å². The van der Waals surface area contributed by atoms with E-state index in [4.69, 9.17) is 0 Å². The van der Waals surface area contributed by atoms with Crippen LogP contribution >= 0.6 is 0 Å². The molecule has 2 atom stereocenters. The van der Waals surface area contributed by atoms with Crippen LogP contribution in [-0.4, -0.2) is 21.9 Å². The summed E-state index contributed by atoms with van der Waals surface area (Å²) in [5.74, 6) is -2.51. The number of alkyl halides is 2. The Morgan fingerprint density at radius 2 is 1.96 bits per heavy atom. The monoisotopic (exact) mass is 386 g/mol. The predicted molar refractivity (Wildman–Crippen MR) is 106 cm³/mol. The summed E-state index contributed by atoms with van der Waals surface area (Å²) in [6, 6.07) is 13.5. The number of amides is 1. The molecule has 0 radical (unpaired) electrons. The maximum Gasteiger partial charge on any atom is 0.270 e. The van der Waals surface area contributed by atoms with Gasteiger partial charge in [0.1, 0.15) is 0 Å². The van der Waals surface area contributed by atoms with E-state index in [0.29, 0.717) is 17.9 Å². The summed E-state index contributed by atoms with van der Waals surface area (Å²) in [5.41, 5.74) is 2.35. The summed E-state index contributed by atoms with van der Waals surface area (Å²) in [4.78, 5) is 19.1. The summed E-state index contributed by atoms with van der Waals surface area (Å²) in [7, 11) is 0. The molecular formula is C21H24F2N4O. The Morgan fingerprint density at radius 3 is 2.64 bits per heavy atom. The van der Waals surface area contributed by atoms with Crippen LogP contribution in [0.4, 0.5) is 14.7 Å². The summed E-state index contributed by atoms with van der Waals surface area (Å²) < 4.78 is 27.6. The smallest absolute Gasteiger partial charge is 0.270 e. The highest BCUT2D eigenvalue weighted by molar-refractivity contribution is 5.77. The van der Waals surface area contributed by atoms with Gasteiger partial charge in [0.05, 0.1) is 17.1 Å². The minimum absolute atomic E-state index is 0.0476. The first kappa shape index (κ1) is 19.8. The largest absolute Gasteiger partial charge is 0.354 e. The standard InChI is InChI=1S/C21H24F2N4O/c1-13(24-14(2)28)11-19(15-7-6-8-16(12-15)21(3,22)23)27-20-25-17-9-4-5-10-18(17)26-20/h4-10,12-13,19H,11H2,1-3H3,(H,24,28)(H2,25,26,27). The van der Waals surface area contributed by atoms with Crippen LogP contribution in [0.5, 0.6) is 0 Å². The van der Waals surface area contributed by atoms with Crippen LogP contribution < -0.4 is 10.6 Å². The molecule has 2 unspecified atom stereocenters. The minimum Gasteiger partial charge on any atom is -0.354 e. The molecule has 5 nitrogen and oxygen atoms in total. The summed E-state index contributed by atoms with van der Waals surface area (Å²) in [6.07, 6.45) is 0.509. The van der Waals surface area contributed by atoms with Crippen molar-refractivity contribution in [3.05, 3.63) is 59.7 Å². The fourth-order valence-corrected chi connectivity index (χ4v) is 3.25. The van der Waals surface area contributed by atoms with Crippen molar-refractivity contribution < 1.29 is 13.6 Å². The fraction of sp³-hybridized carbons (Fsp3) is 0.333. The second-order valence-corrected chi connectivity index (χ2v) is 7.15. The Bertz CT molecular complexity index is 931. The summed E-state index contributed by atoms with van der Waals surface area (Å²) in [5, 5.41) is 6.15. The number of carbonyl (C=O) groups excluding carboxylic acids is 1. The van der Waals surface area contributed by atoms with Crippen molar-refractivity contribution >= 4 is 22.9 Å². The van der Waals surface area contributed by atoms with Crippen LogP contribution in [0.1, 0.15) is 44.4 Å². The zero-order chi connectivity index (χ0) is 20.3. The molecule has 1 aromatic heterocycles. The number of aromatic amines is 1. The fourth-order valence-electron chi connectivity index (χ4n) is 3.25. The topological polar surface area (TPSA) is 69.8 Å². The van der Waals surface area contributed by atoms with E-state index < -0.39 is 5.92 Å². The van der Waals surface area contributed by atoms with Gasteiger partial charge in [-0.2, -0.15) is 0 Å². The second kappa shape index (κ2) is 7.96. The Morgan fingerprint density at radius 1 is 1.21 bits per heavy atom. The number of para-hydroxylation sites is 2. The molecule has 0 bridgehead atoms. The Balaban J connectivity index is 1.91. The number of halogens is 2. The van der Waals surface area contributed by atoms with Crippen molar-refractivity contribution in [3.8, 4) is 0 Å². The molecule has 0 aliphatic carbocycles. The van der Waals surface area contributed by atoms with Crippen molar-refractivity contribution in [2.24, 2.45) is 0 Å². The molecule has 0 saturated heterocycles. The number of benzene rings is 2. The van der Waals surface area contributed by atoms with Crippen molar-refractivity contribution in [1.82, 2.24) is 15.3 Å². The van der Waals surface area contributed by atoms with Crippen molar-refractivity contribution in [2.45, 2.75) is 45.2 Å². The van der Waals surface area contributed by atoms with Gasteiger partial charge < -0.3 is 15.6 Å². The number of carbonyl (C=O) groups is 1. The summed E-state index contributed by atoms with van der Waals surface area (Å²) >= 11 is 0. The third-order valence-electron chi connectivity index (χ3n) is 4.54. The van der Waals surface area contributed by atoms with Crippen LogP contribution in [0.15, 0.2) is 48.5 Å². The van der Waals surface area contributed by atoms with E-state index in [0.717, 1.165) is 18.0 Å². The van der Waals surface area contributed by atoms with Gasteiger partial charge in [-0.05, 0) is 37.1 Å². The molecule has 3 rings (SSSR count). The van der Waals surface area contributed by atoms with Gasteiger partial charge >= 0.3 is 0 Å². The predicted octanol–water partition coefficient (Wildman–Crippen LogP) is 4.74. The molecule has 1 heterocycles. The lowest BCUT2D eigenvalue weighted by atomic mass is 9.96. The first-order chi connectivity index (χ1) is 13.2. The lowest BCUT2D eigenvalue weighted by Gasteiger charge is -2.24. The van der Waals surface area contributed by atoms with Crippen molar-refractivity contribution in [2.75, 3.05) is 5.32 Å². The van der Waals surface area contributed by atoms with Crippen LogP contribution in [0, 0.1) is 0 Å². The number of nitrogens with zero attached hydrogens (tertiary/aromatic N) is 1. The number of aromatic nitrogens is 2. The number of rotatable bonds is 7. The van der Waals surface area contributed by atoms with Gasteiger partial charge in [0.15, 0.2) is 0 Å². The van der Waals surface area contributed by atoms with Gasteiger partial charge in [-0.3, -0.25) is 4.79 Å². The van der Waals surface area contributed by atoms with Crippen LogP contribution in [0.25, 0.3) is 11.0 Å². The van der Waals surface area contributed by atoms with Gasteiger partial charge in [-0.15, -0.1) is 0 Å². The number of nitrogens with one attached hydrogen (secondary N) is 3. The maximum absolute atomic E-state index is 13.8. The molecule has 3 N–H and O–H groups in total. The van der Waals surface area contributed by atoms with E-state index in [9.17, 15) is 13.6 Å². The van der Waals surface area contributed by atoms with Crippen molar-refractivity contribution in [3.63, 3.8) is 0 Å². The third kappa shape index (κ3) is 4.85. The molecule has 2 aromatic carbocycles. The molecule has 0 saturated carbocycles. The molecular weight excluding hydrogens is 362 g/mol. The molecule has 28 heavy (non-hydrogen) atoms. The number of imidazole rings is 1. The van der Waals surface area contributed by atoms with E-state index in [-0.39, 0.29) is 23.6 Å². The average molecular weight is 386 g/mol. The lowest BCUT2D eigenvalue weighted by Crippen LogP contribution is -2.33. The van der Waals surface area contributed by atoms with Gasteiger partial charge in [-0.25, -0.2) is 13.8 Å². The highest BCUT2D eigenvalue weighted by Crippen LogP contribution is 2.31. The number of H-pyrrole nitrogens is 1. The maximum atomic E-state index is 13.8. The number of fused-ring (bicyclic) bond motifs is 1. The normalized spacial score (nSPS) is 13.9. The zero-order valence-corrected chi connectivity index (χ0v) is 16.1. The van der Waals surface area contributed by atoms with Gasteiger partial charge in [0.2, 0.25) is 11.9 Å². The average Bonchev–Trinajstić information content (AvgIpc) is 3.02. The molecule has 1 amide bonds. The molecule has 0 aliphatic rings. The first-order valence-electron chi connectivity index (χ1n) is 9.19. The molecule has 0 aliphatic heterocycles. The minimum atomic E-state index is -2.93. The Kier molecular flexibility index (Phi) is 5.63. The lowest BCUT2D eigenvalue weighted by molar-refractivity contribution is -0.119. The molecule has 3 aromatic rings. The first-order valence-corrected chi connectivity index (χ1v) is 9.19. The quantitative estimate of drug-likeness (QED) is 0.549. The van der Waals surface area contributed by atoms with Crippen molar-refractivity contribution in [1.29, 1.82) is 0 Å². The molecule has 0 fully saturated rings. The van der Waals surface area contributed by atoms with Gasteiger partial charge in [0, 0.05) is 25.5 Å².